The highest BCUT2D eigenvalue weighted by Gasteiger charge is 2.53. The lowest BCUT2D eigenvalue weighted by atomic mass is 9.85. The fourth-order valence-corrected chi connectivity index (χ4v) is 6.16. The molecule has 14 heteroatoms. The average Bonchev–Trinajstić information content (AvgIpc) is 3.38. The second-order valence-electron chi connectivity index (χ2n) is 13.0. The number of benzene rings is 1. The topological polar surface area (TPSA) is 147 Å². The fourth-order valence-electron chi connectivity index (χ4n) is 5.36. The fraction of sp³-hybridized carbons (Fsp3) is 0.625. The highest BCUT2D eigenvalue weighted by molar-refractivity contribution is 7.13. The molecule has 1 aliphatic carbocycles. The maximum atomic E-state index is 14.5. The molecule has 3 unspecified atom stereocenters. The van der Waals surface area contributed by atoms with Gasteiger partial charge >= 0.3 is 0 Å². The van der Waals surface area contributed by atoms with Gasteiger partial charge in [0.05, 0.1) is 28.8 Å². The van der Waals surface area contributed by atoms with Crippen LogP contribution in [0.25, 0.3) is 10.4 Å². The van der Waals surface area contributed by atoms with E-state index in [-0.39, 0.29) is 57.2 Å². The number of hydrogen-bond donors (Lipinski definition) is 4. The first-order chi connectivity index (χ1) is 20.8. The smallest absolute Gasteiger partial charge is 0.258 e. The van der Waals surface area contributed by atoms with Gasteiger partial charge in [-0.25, -0.2) is 9.37 Å². The SMILES string of the molecule is Cc1ncsc1-c1ccc(CNC(=O)C2CC(O)CN2C(=O)C(NC(=O)C2(F)CC2)C(C)(C)C)c(OCCCCCCN)c1.Cl.Cl. The molecule has 258 valence electrons. The summed E-state index contributed by atoms with van der Waals surface area (Å²) in [5.41, 5.74) is 7.40. The molecule has 46 heavy (non-hydrogen) atoms. The van der Waals surface area contributed by atoms with Crippen molar-refractivity contribution in [3.8, 4) is 16.2 Å². The van der Waals surface area contributed by atoms with Gasteiger partial charge in [-0.2, -0.15) is 0 Å². The minimum atomic E-state index is -1.94. The Kier molecular flexibility index (Phi) is 14.7. The summed E-state index contributed by atoms with van der Waals surface area (Å²) in [6.45, 7) is 8.56. The van der Waals surface area contributed by atoms with Crippen LogP contribution in [0.4, 0.5) is 4.39 Å². The van der Waals surface area contributed by atoms with E-state index in [1.54, 1.807) is 37.6 Å². The van der Waals surface area contributed by atoms with E-state index in [2.05, 4.69) is 15.6 Å². The molecule has 1 aromatic heterocycles. The Hall–Kier alpha value is -2.51. The molecule has 3 atom stereocenters. The van der Waals surface area contributed by atoms with Crippen molar-refractivity contribution in [2.24, 2.45) is 11.1 Å². The number of thiazole rings is 1. The number of aryl methyl sites for hydroxylation is 1. The summed E-state index contributed by atoms with van der Waals surface area (Å²) in [4.78, 5) is 46.4. The van der Waals surface area contributed by atoms with E-state index in [9.17, 15) is 23.9 Å². The van der Waals surface area contributed by atoms with Gasteiger partial charge in [-0.1, -0.05) is 45.7 Å². The predicted molar refractivity (Wildman–Crippen MR) is 182 cm³/mol. The number of nitrogens with zero attached hydrogens (tertiary/aromatic N) is 2. The zero-order valence-corrected chi connectivity index (χ0v) is 29.4. The number of aliphatic hydroxyl groups is 1. The Morgan fingerprint density at radius 3 is 2.50 bits per heavy atom. The molecule has 1 aliphatic heterocycles. The lowest BCUT2D eigenvalue weighted by molar-refractivity contribution is -0.145. The van der Waals surface area contributed by atoms with Crippen molar-refractivity contribution in [1.82, 2.24) is 20.5 Å². The van der Waals surface area contributed by atoms with Gasteiger partial charge in [-0.3, -0.25) is 14.4 Å². The van der Waals surface area contributed by atoms with Gasteiger partial charge in [0, 0.05) is 25.1 Å². The van der Waals surface area contributed by atoms with Crippen LogP contribution in [-0.2, 0) is 20.9 Å². The standard InChI is InChI=1S/C32H46FN5O5S.2ClH/c1-20-26(44-19-36-20)21-9-10-22(25(15-21)43-14-8-6-5-7-13-34)17-35-28(40)24-16-23(39)18-38(24)29(41)27(31(2,3)4)37-30(42)32(33)11-12-32;;/h9-10,15,19,23-24,27,39H,5-8,11-14,16-18,34H2,1-4H3,(H,35,40)(H,37,42);2*1H. The summed E-state index contributed by atoms with van der Waals surface area (Å²) in [6, 6.07) is 3.85. The van der Waals surface area contributed by atoms with Gasteiger partial charge in [0.25, 0.3) is 5.91 Å². The largest absolute Gasteiger partial charge is 0.493 e. The van der Waals surface area contributed by atoms with Crippen molar-refractivity contribution >= 4 is 53.9 Å². The van der Waals surface area contributed by atoms with Crippen molar-refractivity contribution in [3.05, 3.63) is 35.0 Å². The number of aliphatic hydroxyl groups excluding tert-OH is 1. The first-order valence-electron chi connectivity index (χ1n) is 15.5. The zero-order chi connectivity index (χ0) is 32.1. The summed E-state index contributed by atoms with van der Waals surface area (Å²) in [5, 5.41) is 16.0. The third-order valence-corrected chi connectivity index (χ3v) is 9.21. The molecule has 2 heterocycles. The molecular weight excluding hydrogens is 656 g/mol. The average molecular weight is 705 g/mol. The number of aromatic nitrogens is 1. The second kappa shape index (κ2) is 17.1. The maximum absolute atomic E-state index is 14.5. The number of rotatable bonds is 14. The van der Waals surface area contributed by atoms with Gasteiger partial charge in [0.15, 0.2) is 5.67 Å². The first kappa shape index (κ1) is 39.7. The van der Waals surface area contributed by atoms with Crippen LogP contribution in [0.15, 0.2) is 23.7 Å². The molecule has 2 aromatic rings. The third-order valence-electron chi connectivity index (χ3n) is 8.23. The zero-order valence-electron chi connectivity index (χ0n) is 27.0. The molecule has 5 N–H and O–H groups in total. The minimum absolute atomic E-state index is 0. The number of ether oxygens (including phenoxy) is 1. The van der Waals surface area contributed by atoms with Crippen molar-refractivity contribution in [2.75, 3.05) is 19.7 Å². The van der Waals surface area contributed by atoms with Crippen molar-refractivity contribution in [3.63, 3.8) is 0 Å². The van der Waals surface area contributed by atoms with Crippen LogP contribution >= 0.6 is 36.2 Å². The molecule has 0 spiro atoms. The number of β-amino-alcohol motifs (C(OH)–C–C–N with tert-alkyl or cyclic N) is 1. The number of hydrogen-bond acceptors (Lipinski definition) is 8. The Morgan fingerprint density at radius 1 is 1.20 bits per heavy atom. The van der Waals surface area contributed by atoms with E-state index in [1.807, 2.05) is 25.1 Å². The van der Waals surface area contributed by atoms with Gasteiger partial charge in [0.1, 0.15) is 17.8 Å². The van der Waals surface area contributed by atoms with E-state index in [1.165, 1.54) is 4.90 Å². The van der Waals surface area contributed by atoms with Crippen LogP contribution in [0.1, 0.15) is 77.0 Å². The van der Waals surface area contributed by atoms with Gasteiger partial charge in [-0.15, -0.1) is 36.2 Å². The van der Waals surface area contributed by atoms with Crippen LogP contribution in [0.3, 0.4) is 0 Å². The minimum Gasteiger partial charge on any atom is -0.493 e. The van der Waals surface area contributed by atoms with Gasteiger partial charge in [-0.05, 0) is 56.2 Å². The molecule has 10 nitrogen and oxygen atoms in total. The molecule has 2 fully saturated rings. The van der Waals surface area contributed by atoms with Crippen molar-refractivity contribution in [1.29, 1.82) is 0 Å². The normalized spacial score (nSPS) is 19.0. The predicted octanol–water partition coefficient (Wildman–Crippen LogP) is 4.47. The van der Waals surface area contributed by atoms with E-state index in [0.717, 1.165) is 47.4 Å². The van der Waals surface area contributed by atoms with E-state index >= 15 is 0 Å². The van der Waals surface area contributed by atoms with Crippen LogP contribution in [0.2, 0.25) is 0 Å². The molecule has 4 rings (SSSR count). The third kappa shape index (κ3) is 10.00. The Bertz CT molecular complexity index is 1340. The van der Waals surface area contributed by atoms with E-state index in [4.69, 9.17) is 10.5 Å². The number of carbonyl (C=O) groups is 3. The summed E-state index contributed by atoms with van der Waals surface area (Å²) < 4.78 is 20.7. The quantitative estimate of drug-likeness (QED) is 0.212. The number of amides is 3. The van der Waals surface area contributed by atoms with E-state index < -0.39 is 47.0 Å². The summed E-state index contributed by atoms with van der Waals surface area (Å²) in [7, 11) is 0. The highest BCUT2D eigenvalue weighted by atomic mass is 35.5. The highest BCUT2D eigenvalue weighted by Crippen LogP contribution is 2.40. The maximum Gasteiger partial charge on any atom is 0.258 e. The molecular formula is C32H48Cl2FN5O5S. The lowest BCUT2D eigenvalue weighted by Crippen LogP contribution is -2.59. The summed E-state index contributed by atoms with van der Waals surface area (Å²) >= 11 is 1.55. The van der Waals surface area contributed by atoms with Crippen molar-refractivity contribution < 1.29 is 28.6 Å². The van der Waals surface area contributed by atoms with Crippen LogP contribution in [0.5, 0.6) is 5.75 Å². The summed E-state index contributed by atoms with van der Waals surface area (Å²) in [6.07, 6.45) is 3.32. The number of nitrogens with two attached hydrogens (primary N) is 1. The van der Waals surface area contributed by atoms with Crippen molar-refractivity contribution in [2.45, 2.75) is 103 Å². The van der Waals surface area contributed by atoms with Crippen LogP contribution in [-0.4, -0.2) is 76.3 Å². The molecule has 1 aromatic carbocycles. The summed E-state index contributed by atoms with van der Waals surface area (Å²) in [5.74, 6) is -1.09. The second-order valence-corrected chi connectivity index (χ2v) is 13.8. The Balaban J connectivity index is 0.00000368. The van der Waals surface area contributed by atoms with Gasteiger partial charge < -0.3 is 31.1 Å². The molecule has 0 radical (unpaired) electrons. The molecule has 1 saturated heterocycles. The van der Waals surface area contributed by atoms with Gasteiger partial charge in [0.2, 0.25) is 11.8 Å². The molecule has 3 amide bonds. The monoisotopic (exact) mass is 703 g/mol. The number of likely N-dealkylation sites (tertiary alicyclic amines) is 1. The Morgan fingerprint density at radius 2 is 1.89 bits per heavy atom. The first-order valence-corrected chi connectivity index (χ1v) is 16.3. The Labute approximate surface area is 287 Å². The number of carbonyl (C=O) groups excluding carboxylic acids is 3. The lowest BCUT2D eigenvalue weighted by Gasteiger charge is -2.35. The molecule has 1 saturated carbocycles. The number of nitrogens with one attached hydrogen (secondary N) is 2. The molecule has 0 bridgehead atoms. The van der Waals surface area contributed by atoms with E-state index in [0.29, 0.717) is 18.9 Å². The number of unbranched alkanes of at least 4 members (excludes halogenated alkanes) is 3. The number of alkyl halides is 1. The van der Waals surface area contributed by atoms with Crippen LogP contribution < -0.4 is 21.1 Å². The van der Waals surface area contributed by atoms with Crippen LogP contribution in [0, 0.1) is 12.3 Å². The molecule has 2 aliphatic rings. The number of halogens is 3.